The average molecular weight is 411 g/mol. The van der Waals surface area contributed by atoms with Crippen molar-refractivity contribution in [1.82, 2.24) is 15.6 Å². The summed E-state index contributed by atoms with van der Waals surface area (Å²) in [6.07, 6.45) is 3.28. The van der Waals surface area contributed by atoms with Gasteiger partial charge in [-0.3, -0.25) is 19.4 Å². The Balaban J connectivity index is 1.62. The van der Waals surface area contributed by atoms with Gasteiger partial charge in [-0.2, -0.15) is 0 Å². The molecule has 0 saturated carbocycles. The summed E-state index contributed by atoms with van der Waals surface area (Å²) in [5.74, 6) is -0.890. The number of hydrogen-bond donors (Lipinski definition) is 3. The van der Waals surface area contributed by atoms with Crippen LogP contribution in [-0.2, 0) is 9.59 Å². The molecular formula is C15H15BrN4O3S. The average Bonchev–Trinajstić information content (AvgIpc) is 3.00. The van der Waals surface area contributed by atoms with Crippen LogP contribution in [-0.4, -0.2) is 35.8 Å². The van der Waals surface area contributed by atoms with Crippen molar-refractivity contribution < 1.29 is 14.4 Å². The number of pyridine rings is 1. The third kappa shape index (κ3) is 6.09. The van der Waals surface area contributed by atoms with E-state index in [1.165, 1.54) is 17.5 Å². The SMILES string of the molecule is O=C(CNC(=O)c1ccc(Br)s1)NCCC(=O)Nc1cccnc1. The monoisotopic (exact) mass is 410 g/mol. The highest BCUT2D eigenvalue weighted by Gasteiger charge is 2.10. The lowest BCUT2D eigenvalue weighted by Gasteiger charge is -2.07. The number of carbonyl (C=O) groups is 3. The van der Waals surface area contributed by atoms with Gasteiger partial charge in [-0.25, -0.2) is 0 Å². The molecule has 0 saturated heterocycles. The van der Waals surface area contributed by atoms with E-state index in [2.05, 4.69) is 36.9 Å². The summed E-state index contributed by atoms with van der Waals surface area (Å²) in [6.45, 7) is 0.0456. The zero-order chi connectivity index (χ0) is 17.4. The Kier molecular flexibility index (Phi) is 6.89. The number of amides is 3. The van der Waals surface area contributed by atoms with Crippen molar-refractivity contribution >= 4 is 50.7 Å². The van der Waals surface area contributed by atoms with E-state index in [1.54, 1.807) is 30.5 Å². The first-order chi connectivity index (χ1) is 11.5. The van der Waals surface area contributed by atoms with Crippen molar-refractivity contribution in [3.05, 3.63) is 45.3 Å². The quantitative estimate of drug-likeness (QED) is 0.647. The van der Waals surface area contributed by atoms with Crippen molar-refractivity contribution in [3.63, 3.8) is 0 Å². The summed E-state index contributed by atoms with van der Waals surface area (Å²) in [4.78, 5) is 39.5. The summed E-state index contributed by atoms with van der Waals surface area (Å²) >= 11 is 4.55. The fourth-order valence-electron chi connectivity index (χ4n) is 1.72. The highest BCUT2D eigenvalue weighted by molar-refractivity contribution is 9.11. The number of hydrogen-bond acceptors (Lipinski definition) is 5. The van der Waals surface area contributed by atoms with Crippen LogP contribution in [0.3, 0.4) is 0 Å². The van der Waals surface area contributed by atoms with Gasteiger partial charge < -0.3 is 16.0 Å². The molecule has 0 bridgehead atoms. The van der Waals surface area contributed by atoms with Gasteiger partial charge in [-0.15, -0.1) is 11.3 Å². The van der Waals surface area contributed by atoms with E-state index in [1.807, 2.05) is 0 Å². The van der Waals surface area contributed by atoms with Crippen LogP contribution in [0.4, 0.5) is 5.69 Å². The zero-order valence-electron chi connectivity index (χ0n) is 12.5. The summed E-state index contributed by atoms with van der Waals surface area (Å²) in [6, 6.07) is 6.87. The smallest absolute Gasteiger partial charge is 0.261 e. The maximum Gasteiger partial charge on any atom is 0.261 e. The molecule has 0 radical (unpaired) electrons. The van der Waals surface area contributed by atoms with Gasteiger partial charge in [0.1, 0.15) is 0 Å². The molecule has 24 heavy (non-hydrogen) atoms. The highest BCUT2D eigenvalue weighted by Crippen LogP contribution is 2.21. The molecule has 3 N–H and O–H groups in total. The van der Waals surface area contributed by atoms with Crippen LogP contribution in [0.1, 0.15) is 16.1 Å². The Morgan fingerprint density at radius 3 is 2.62 bits per heavy atom. The van der Waals surface area contributed by atoms with Crippen LogP contribution in [0, 0.1) is 0 Å². The predicted molar refractivity (Wildman–Crippen MR) is 94.8 cm³/mol. The first-order valence-corrected chi connectivity index (χ1v) is 8.65. The number of halogens is 1. The fraction of sp³-hybridized carbons (Fsp3) is 0.200. The van der Waals surface area contributed by atoms with Crippen LogP contribution in [0.5, 0.6) is 0 Å². The molecule has 0 aliphatic rings. The van der Waals surface area contributed by atoms with Crippen molar-refractivity contribution in [2.45, 2.75) is 6.42 Å². The molecule has 126 valence electrons. The van der Waals surface area contributed by atoms with E-state index in [-0.39, 0.29) is 37.2 Å². The second kappa shape index (κ2) is 9.14. The summed E-state index contributed by atoms with van der Waals surface area (Å²) in [7, 11) is 0. The molecule has 9 heteroatoms. The molecule has 7 nitrogen and oxygen atoms in total. The van der Waals surface area contributed by atoms with Crippen molar-refractivity contribution in [1.29, 1.82) is 0 Å². The van der Waals surface area contributed by atoms with Gasteiger partial charge in [0.05, 0.1) is 27.1 Å². The predicted octanol–water partition coefficient (Wildman–Crippen LogP) is 1.78. The van der Waals surface area contributed by atoms with Gasteiger partial charge in [-0.1, -0.05) is 0 Å². The van der Waals surface area contributed by atoms with Crippen molar-refractivity contribution in [2.24, 2.45) is 0 Å². The minimum absolute atomic E-state index is 0.131. The lowest BCUT2D eigenvalue weighted by atomic mass is 10.3. The number of nitrogens with one attached hydrogen (secondary N) is 3. The van der Waals surface area contributed by atoms with Gasteiger partial charge in [0.15, 0.2) is 0 Å². The number of anilines is 1. The Hall–Kier alpha value is -2.26. The summed E-state index contributed by atoms with van der Waals surface area (Å²) < 4.78 is 0.844. The van der Waals surface area contributed by atoms with Crippen LogP contribution < -0.4 is 16.0 Å². The molecule has 2 aromatic rings. The number of aromatic nitrogens is 1. The Labute approximate surface area is 151 Å². The Bertz CT molecular complexity index is 721. The van der Waals surface area contributed by atoms with E-state index in [0.717, 1.165) is 3.79 Å². The van der Waals surface area contributed by atoms with Gasteiger partial charge in [0, 0.05) is 19.2 Å². The molecule has 2 aromatic heterocycles. The first-order valence-electron chi connectivity index (χ1n) is 7.04. The molecule has 3 amide bonds. The van der Waals surface area contributed by atoms with Crippen molar-refractivity contribution in [3.8, 4) is 0 Å². The standard InChI is InChI=1S/C15H15BrN4O3S/c16-12-4-3-11(24-12)15(23)19-9-14(22)18-7-5-13(21)20-10-2-1-6-17-8-10/h1-4,6,8H,5,7,9H2,(H,18,22)(H,19,23)(H,20,21). The minimum Gasteiger partial charge on any atom is -0.354 e. The number of nitrogens with zero attached hydrogens (tertiary/aromatic N) is 1. The molecule has 0 fully saturated rings. The molecule has 0 aromatic carbocycles. The Morgan fingerprint density at radius 2 is 1.96 bits per heavy atom. The topological polar surface area (TPSA) is 100 Å². The van der Waals surface area contributed by atoms with Gasteiger partial charge >= 0.3 is 0 Å². The molecule has 0 aliphatic heterocycles. The van der Waals surface area contributed by atoms with Gasteiger partial charge in [0.2, 0.25) is 11.8 Å². The molecule has 2 rings (SSSR count). The van der Waals surface area contributed by atoms with E-state index in [4.69, 9.17) is 0 Å². The van der Waals surface area contributed by atoms with Gasteiger partial charge in [-0.05, 0) is 40.2 Å². The maximum absolute atomic E-state index is 11.8. The van der Waals surface area contributed by atoms with Crippen LogP contribution in [0.25, 0.3) is 0 Å². The molecule has 0 spiro atoms. The first kappa shape index (κ1) is 18.1. The zero-order valence-corrected chi connectivity index (χ0v) is 14.9. The normalized spacial score (nSPS) is 10.0. The van der Waals surface area contributed by atoms with Crippen LogP contribution >= 0.6 is 27.3 Å². The van der Waals surface area contributed by atoms with Crippen LogP contribution in [0.2, 0.25) is 0 Å². The largest absolute Gasteiger partial charge is 0.354 e. The second-order valence-corrected chi connectivity index (χ2v) is 7.14. The summed E-state index contributed by atoms with van der Waals surface area (Å²) in [5, 5.41) is 7.76. The minimum atomic E-state index is -0.354. The lowest BCUT2D eigenvalue weighted by Crippen LogP contribution is -2.37. The fourth-order valence-corrected chi connectivity index (χ4v) is 3.02. The molecule has 0 unspecified atom stereocenters. The maximum atomic E-state index is 11.8. The van der Waals surface area contributed by atoms with E-state index < -0.39 is 0 Å². The third-order valence-corrected chi connectivity index (χ3v) is 4.45. The van der Waals surface area contributed by atoms with E-state index in [9.17, 15) is 14.4 Å². The molecule has 2 heterocycles. The lowest BCUT2D eigenvalue weighted by molar-refractivity contribution is -0.120. The highest BCUT2D eigenvalue weighted by atomic mass is 79.9. The van der Waals surface area contributed by atoms with Crippen molar-refractivity contribution in [2.75, 3.05) is 18.4 Å². The molecule has 0 atom stereocenters. The molecular weight excluding hydrogens is 396 g/mol. The number of thiophene rings is 1. The van der Waals surface area contributed by atoms with E-state index >= 15 is 0 Å². The Morgan fingerprint density at radius 1 is 1.12 bits per heavy atom. The molecule has 0 aliphatic carbocycles. The van der Waals surface area contributed by atoms with E-state index in [0.29, 0.717) is 10.6 Å². The number of rotatable bonds is 7. The van der Waals surface area contributed by atoms with Crippen LogP contribution in [0.15, 0.2) is 40.4 Å². The number of carbonyl (C=O) groups excluding carboxylic acids is 3. The third-order valence-electron chi connectivity index (χ3n) is 2.83. The van der Waals surface area contributed by atoms with Gasteiger partial charge in [0.25, 0.3) is 5.91 Å². The second-order valence-electron chi connectivity index (χ2n) is 4.68. The summed E-state index contributed by atoms with van der Waals surface area (Å²) in [5.41, 5.74) is 0.600.